The van der Waals surface area contributed by atoms with E-state index in [1.807, 2.05) is 55.5 Å². The number of benzene rings is 3. The molecule has 184 valence electrons. The fraction of sp³-hybridized carbons (Fsp3) is 0.241. The summed E-state index contributed by atoms with van der Waals surface area (Å²) < 4.78 is 7.09. The summed E-state index contributed by atoms with van der Waals surface area (Å²) in [5.74, 6) is 1.19. The number of nitrogens with zero attached hydrogens (tertiary/aromatic N) is 2. The maximum Gasteiger partial charge on any atom is 0.255 e. The normalized spacial score (nSPS) is 15.6. The van der Waals surface area contributed by atoms with Gasteiger partial charge in [0.25, 0.3) is 5.91 Å². The van der Waals surface area contributed by atoms with Gasteiger partial charge < -0.3 is 15.4 Å². The minimum atomic E-state index is -0.441. The third-order valence-corrected chi connectivity index (χ3v) is 7.79. The Morgan fingerprint density at radius 3 is 2.68 bits per heavy atom. The third-order valence-electron chi connectivity index (χ3n) is 6.85. The molecule has 4 aromatic rings. The summed E-state index contributed by atoms with van der Waals surface area (Å²) in [5.41, 5.74) is 3.30. The summed E-state index contributed by atoms with van der Waals surface area (Å²) >= 11 is 1.42. The van der Waals surface area contributed by atoms with Crippen molar-refractivity contribution in [3.8, 4) is 17.6 Å². The minimum absolute atomic E-state index is 0.0360. The van der Waals surface area contributed by atoms with E-state index in [4.69, 9.17) is 4.74 Å². The summed E-state index contributed by atoms with van der Waals surface area (Å²) in [4.78, 5) is 29.5. The highest BCUT2D eigenvalue weighted by Crippen LogP contribution is 2.47. The molecule has 0 atom stereocenters. The van der Waals surface area contributed by atoms with Crippen LogP contribution in [-0.4, -0.2) is 16.8 Å². The Morgan fingerprint density at radius 2 is 1.92 bits per heavy atom. The quantitative estimate of drug-likeness (QED) is 0.294. The van der Waals surface area contributed by atoms with Crippen molar-refractivity contribution in [2.24, 2.45) is 5.92 Å². The number of thiazole rings is 1. The van der Waals surface area contributed by atoms with E-state index in [2.05, 4.69) is 21.7 Å². The van der Waals surface area contributed by atoms with E-state index in [1.54, 1.807) is 12.1 Å². The number of hydrogen-bond acceptors (Lipinski definition) is 6. The van der Waals surface area contributed by atoms with Gasteiger partial charge in [-0.25, -0.2) is 4.98 Å². The number of carbonyl (C=O) groups is 2. The Morgan fingerprint density at radius 1 is 1.08 bits per heavy atom. The first-order chi connectivity index (χ1) is 17.9. The molecule has 3 aromatic carbocycles. The first-order valence-corrected chi connectivity index (χ1v) is 13.1. The first-order valence-electron chi connectivity index (χ1n) is 12.3. The molecule has 0 saturated heterocycles. The zero-order valence-corrected chi connectivity index (χ0v) is 21.0. The number of nitrogens with one attached hydrogen (secondary N) is 2. The van der Waals surface area contributed by atoms with Crippen molar-refractivity contribution in [1.29, 1.82) is 5.26 Å². The maximum atomic E-state index is 13.0. The third kappa shape index (κ3) is 4.78. The van der Waals surface area contributed by atoms with Crippen LogP contribution < -0.4 is 15.4 Å². The van der Waals surface area contributed by atoms with Crippen LogP contribution in [0, 0.1) is 24.2 Å². The van der Waals surface area contributed by atoms with E-state index in [1.165, 1.54) is 11.3 Å². The molecule has 0 unspecified atom stereocenters. The van der Waals surface area contributed by atoms with E-state index in [0.717, 1.165) is 47.0 Å². The molecule has 0 bridgehead atoms. The number of fused-ring (bicyclic) bond motifs is 1. The largest absolute Gasteiger partial charge is 0.457 e. The van der Waals surface area contributed by atoms with Gasteiger partial charge in [-0.1, -0.05) is 29.5 Å². The van der Waals surface area contributed by atoms with Crippen LogP contribution in [0.4, 0.5) is 10.8 Å². The average molecular weight is 509 g/mol. The number of carbonyl (C=O) groups excluding carboxylic acids is 2. The molecule has 0 aliphatic heterocycles. The van der Waals surface area contributed by atoms with Crippen LogP contribution >= 0.6 is 11.3 Å². The average Bonchev–Trinajstić information content (AvgIpc) is 3.83. The van der Waals surface area contributed by atoms with Gasteiger partial charge in [0.15, 0.2) is 5.13 Å². The Labute approximate surface area is 218 Å². The topological polar surface area (TPSA) is 104 Å². The van der Waals surface area contributed by atoms with E-state index < -0.39 is 5.41 Å². The molecular weight excluding hydrogens is 484 g/mol. The highest BCUT2D eigenvalue weighted by atomic mass is 32.1. The predicted molar refractivity (Wildman–Crippen MR) is 143 cm³/mol. The minimum Gasteiger partial charge on any atom is -0.457 e. The summed E-state index contributed by atoms with van der Waals surface area (Å²) in [6.07, 6.45) is 3.55. The fourth-order valence-corrected chi connectivity index (χ4v) is 5.14. The zero-order chi connectivity index (χ0) is 25.6. The Kier molecular flexibility index (Phi) is 5.65. The molecule has 2 aliphatic carbocycles. The number of ether oxygens (including phenoxy) is 1. The number of nitriles is 1. The van der Waals surface area contributed by atoms with Gasteiger partial charge in [0.05, 0.1) is 21.7 Å². The van der Waals surface area contributed by atoms with Crippen LogP contribution in [0.3, 0.4) is 0 Å². The van der Waals surface area contributed by atoms with Crippen molar-refractivity contribution in [1.82, 2.24) is 4.98 Å². The standard InChI is InChI=1S/C29H24N4O3S/c1-17-5-8-21(31-27(35)19-3-2-4-20(13-19)29(16-30)11-12-29)14-24(17)36-22-9-10-23-25(15-22)37-28(32-23)33-26(34)18-6-7-18/h2-5,8-10,13-15,18H,6-7,11-12H2,1H3,(H,31,35)(H,32,33,34). The molecule has 2 fully saturated rings. The second-order valence-electron chi connectivity index (χ2n) is 9.72. The van der Waals surface area contributed by atoms with Crippen LogP contribution in [0.2, 0.25) is 0 Å². The van der Waals surface area contributed by atoms with E-state index >= 15 is 0 Å². The van der Waals surface area contributed by atoms with Gasteiger partial charge in [0.1, 0.15) is 11.5 Å². The molecule has 1 heterocycles. The van der Waals surface area contributed by atoms with Crippen molar-refractivity contribution in [3.05, 3.63) is 77.4 Å². The van der Waals surface area contributed by atoms with Crippen LogP contribution in [0.15, 0.2) is 60.7 Å². The van der Waals surface area contributed by atoms with Crippen molar-refractivity contribution in [2.75, 3.05) is 10.6 Å². The maximum absolute atomic E-state index is 13.0. The van der Waals surface area contributed by atoms with E-state index in [9.17, 15) is 14.9 Å². The molecule has 2 N–H and O–H groups in total. The number of amides is 2. The van der Waals surface area contributed by atoms with Crippen molar-refractivity contribution >= 4 is 44.2 Å². The molecule has 6 rings (SSSR count). The van der Waals surface area contributed by atoms with Crippen molar-refractivity contribution in [2.45, 2.75) is 38.0 Å². The van der Waals surface area contributed by atoms with Gasteiger partial charge >= 0.3 is 0 Å². The summed E-state index contributed by atoms with van der Waals surface area (Å²) in [5, 5.41) is 15.9. The molecule has 1 aromatic heterocycles. The number of aryl methyl sites for hydroxylation is 1. The first kappa shape index (κ1) is 23.2. The molecular formula is C29H24N4O3S. The molecule has 2 saturated carbocycles. The van der Waals surface area contributed by atoms with E-state index in [-0.39, 0.29) is 17.7 Å². The zero-order valence-electron chi connectivity index (χ0n) is 20.2. The highest BCUT2D eigenvalue weighted by molar-refractivity contribution is 7.22. The lowest BCUT2D eigenvalue weighted by Crippen LogP contribution is -2.13. The summed E-state index contributed by atoms with van der Waals surface area (Å²) in [6, 6.07) is 20.8. The molecule has 0 radical (unpaired) electrons. The molecule has 0 spiro atoms. The Hall–Kier alpha value is -4.22. The Bertz CT molecular complexity index is 1590. The van der Waals surface area contributed by atoms with Gasteiger partial charge in [-0.05, 0) is 74.1 Å². The van der Waals surface area contributed by atoms with E-state index in [0.29, 0.717) is 27.9 Å². The van der Waals surface area contributed by atoms with Crippen LogP contribution in [0.1, 0.15) is 47.2 Å². The number of hydrogen-bond donors (Lipinski definition) is 2. The predicted octanol–water partition coefficient (Wildman–Crippen LogP) is 6.55. The smallest absolute Gasteiger partial charge is 0.255 e. The second-order valence-corrected chi connectivity index (χ2v) is 10.8. The molecule has 2 amide bonds. The summed E-state index contributed by atoms with van der Waals surface area (Å²) in [7, 11) is 0. The number of anilines is 2. The lowest BCUT2D eigenvalue weighted by molar-refractivity contribution is -0.117. The van der Waals surface area contributed by atoms with Gasteiger partial charge in [0.2, 0.25) is 5.91 Å². The van der Waals surface area contributed by atoms with Gasteiger partial charge in [-0.15, -0.1) is 0 Å². The van der Waals surface area contributed by atoms with Crippen LogP contribution in [0.25, 0.3) is 10.2 Å². The van der Waals surface area contributed by atoms with Crippen LogP contribution in [0.5, 0.6) is 11.5 Å². The Balaban J connectivity index is 1.18. The number of rotatable bonds is 7. The van der Waals surface area contributed by atoms with Gasteiger partial charge in [-0.3, -0.25) is 9.59 Å². The van der Waals surface area contributed by atoms with Gasteiger partial charge in [0, 0.05) is 29.3 Å². The highest BCUT2D eigenvalue weighted by Gasteiger charge is 2.45. The number of aromatic nitrogens is 1. The molecule has 8 heteroatoms. The lowest BCUT2D eigenvalue weighted by atomic mass is 9.96. The molecule has 37 heavy (non-hydrogen) atoms. The lowest BCUT2D eigenvalue weighted by Gasteiger charge is -2.13. The molecule has 2 aliphatic rings. The van der Waals surface area contributed by atoms with Crippen molar-refractivity contribution in [3.63, 3.8) is 0 Å². The SMILES string of the molecule is Cc1ccc(NC(=O)c2cccc(C3(C#N)CC3)c2)cc1Oc1ccc2nc(NC(=O)C3CC3)sc2c1. The van der Waals surface area contributed by atoms with Crippen molar-refractivity contribution < 1.29 is 14.3 Å². The van der Waals surface area contributed by atoms with Crippen LogP contribution in [-0.2, 0) is 10.2 Å². The monoisotopic (exact) mass is 508 g/mol. The molecule has 7 nitrogen and oxygen atoms in total. The van der Waals surface area contributed by atoms with Gasteiger partial charge in [-0.2, -0.15) is 5.26 Å². The fourth-order valence-electron chi connectivity index (χ4n) is 4.24. The second kappa shape index (κ2) is 9.02. The summed E-state index contributed by atoms with van der Waals surface area (Å²) in [6.45, 7) is 1.94.